The lowest BCUT2D eigenvalue weighted by Gasteiger charge is -2.23. The Morgan fingerprint density at radius 2 is 1.88 bits per heavy atom. The standard InChI is InChI=1S/C24H25N5O5/c1-27(20-21(25)29(24(33)26-22(20)31)13-15-7-4-3-5-8-15)23(32)16-11-19(30)28(14-16)17-9-6-10-18(12-17)34-2/h3-10,12,16H,11,13-14,25H2,1-2H3,(H,26,31,33). The number of aromatic amines is 1. The molecule has 3 N–H and O–H groups in total. The molecule has 176 valence electrons. The molecule has 2 heterocycles. The molecule has 10 nitrogen and oxygen atoms in total. The number of methoxy groups -OCH3 is 1. The second kappa shape index (κ2) is 9.26. The van der Waals surface area contributed by atoms with Crippen molar-refractivity contribution in [1.29, 1.82) is 0 Å². The number of hydrogen-bond donors (Lipinski definition) is 2. The van der Waals surface area contributed by atoms with Gasteiger partial charge in [0, 0.05) is 31.8 Å². The molecular formula is C24H25N5O5. The summed E-state index contributed by atoms with van der Waals surface area (Å²) in [7, 11) is 2.95. The maximum Gasteiger partial charge on any atom is 0.330 e. The Bertz CT molecular complexity index is 1350. The minimum atomic E-state index is -0.767. The van der Waals surface area contributed by atoms with E-state index in [1.807, 2.05) is 30.3 Å². The van der Waals surface area contributed by atoms with E-state index in [2.05, 4.69) is 4.98 Å². The Hall–Kier alpha value is -4.34. The molecule has 10 heteroatoms. The van der Waals surface area contributed by atoms with E-state index in [1.165, 1.54) is 23.6 Å². The summed E-state index contributed by atoms with van der Waals surface area (Å²) in [6, 6.07) is 16.1. The Morgan fingerprint density at radius 1 is 1.15 bits per heavy atom. The SMILES string of the molecule is COc1cccc(N2CC(C(=O)N(C)c3c(N)n(Cc4ccccc4)c(=O)[nH]c3=O)CC2=O)c1. The molecule has 34 heavy (non-hydrogen) atoms. The minimum Gasteiger partial charge on any atom is -0.497 e. The first-order valence-electron chi connectivity index (χ1n) is 10.7. The molecule has 1 aliphatic heterocycles. The molecule has 1 aromatic heterocycles. The summed E-state index contributed by atoms with van der Waals surface area (Å²) in [4.78, 5) is 55.9. The van der Waals surface area contributed by atoms with Gasteiger partial charge in [-0.3, -0.25) is 23.9 Å². The Labute approximate surface area is 195 Å². The van der Waals surface area contributed by atoms with E-state index in [0.717, 1.165) is 10.5 Å². The molecule has 0 radical (unpaired) electrons. The molecule has 1 aliphatic rings. The van der Waals surface area contributed by atoms with Crippen LogP contribution in [0.5, 0.6) is 5.75 Å². The van der Waals surface area contributed by atoms with E-state index in [4.69, 9.17) is 10.5 Å². The number of nitrogens with zero attached hydrogens (tertiary/aromatic N) is 3. The summed E-state index contributed by atoms with van der Waals surface area (Å²) < 4.78 is 6.42. The van der Waals surface area contributed by atoms with Gasteiger partial charge in [0.15, 0.2) is 5.69 Å². The van der Waals surface area contributed by atoms with Crippen LogP contribution >= 0.6 is 0 Å². The zero-order valence-corrected chi connectivity index (χ0v) is 18.9. The second-order valence-corrected chi connectivity index (χ2v) is 8.07. The number of nitrogens with two attached hydrogens (primary N) is 1. The van der Waals surface area contributed by atoms with Crippen LogP contribution in [-0.4, -0.2) is 42.1 Å². The number of nitrogen functional groups attached to an aromatic ring is 1. The fourth-order valence-electron chi connectivity index (χ4n) is 4.11. The highest BCUT2D eigenvalue weighted by molar-refractivity contribution is 6.05. The van der Waals surface area contributed by atoms with Gasteiger partial charge >= 0.3 is 5.69 Å². The summed E-state index contributed by atoms with van der Waals surface area (Å²) in [5, 5.41) is 0. The topological polar surface area (TPSA) is 131 Å². The number of ether oxygens (including phenoxy) is 1. The van der Waals surface area contributed by atoms with Crippen molar-refractivity contribution in [1.82, 2.24) is 9.55 Å². The van der Waals surface area contributed by atoms with E-state index in [9.17, 15) is 19.2 Å². The van der Waals surface area contributed by atoms with Crippen molar-refractivity contribution in [2.75, 3.05) is 36.2 Å². The summed E-state index contributed by atoms with van der Waals surface area (Å²) in [5.41, 5.74) is 6.06. The highest BCUT2D eigenvalue weighted by Crippen LogP contribution is 2.29. The number of hydrogen-bond acceptors (Lipinski definition) is 6. The predicted octanol–water partition coefficient (Wildman–Crippen LogP) is 1.19. The molecule has 0 spiro atoms. The highest BCUT2D eigenvalue weighted by Gasteiger charge is 2.38. The first kappa shape index (κ1) is 22.8. The summed E-state index contributed by atoms with van der Waals surface area (Å²) in [6.07, 6.45) is -0.0121. The maximum absolute atomic E-state index is 13.3. The van der Waals surface area contributed by atoms with Crippen LogP contribution in [-0.2, 0) is 16.1 Å². The average Bonchev–Trinajstić information content (AvgIpc) is 3.23. The van der Waals surface area contributed by atoms with Crippen molar-refractivity contribution < 1.29 is 14.3 Å². The number of rotatable bonds is 6. The molecule has 2 amide bonds. The fraction of sp³-hybridized carbons (Fsp3) is 0.250. The van der Waals surface area contributed by atoms with Gasteiger partial charge < -0.3 is 20.3 Å². The lowest BCUT2D eigenvalue weighted by molar-refractivity contribution is -0.124. The third kappa shape index (κ3) is 4.29. The number of H-pyrrole nitrogens is 1. The molecule has 0 saturated carbocycles. The normalized spacial score (nSPS) is 15.4. The van der Waals surface area contributed by atoms with Crippen LogP contribution in [0.1, 0.15) is 12.0 Å². The summed E-state index contributed by atoms with van der Waals surface area (Å²) in [6.45, 7) is 0.277. The molecule has 1 atom stereocenters. The molecule has 0 bridgehead atoms. The monoisotopic (exact) mass is 463 g/mol. The largest absolute Gasteiger partial charge is 0.497 e. The third-order valence-corrected chi connectivity index (χ3v) is 5.90. The predicted molar refractivity (Wildman–Crippen MR) is 128 cm³/mol. The van der Waals surface area contributed by atoms with Crippen molar-refractivity contribution in [3.05, 3.63) is 81.0 Å². The number of nitrogens with one attached hydrogen (secondary N) is 1. The number of carbonyl (C=O) groups excluding carboxylic acids is 2. The van der Waals surface area contributed by atoms with E-state index in [0.29, 0.717) is 11.4 Å². The van der Waals surface area contributed by atoms with Gasteiger partial charge in [0.1, 0.15) is 11.6 Å². The van der Waals surface area contributed by atoms with Crippen molar-refractivity contribution >= 4 is 29.0 Å². The zero-order valence-electron chi connectivity index (χ0n) is 18.9. The van der Waals surface area contributed by atoms with Gasteiger partial charge in [-0.1, -0.05) is 36.4 Å². The lowest BCUT2D eigenvalue weighted by Crippen LogP contribution is -2.42. The van der Waals surface area contributed by atoms with Gasteiger partial charge in [0.25, 0.3) is 5.56 Å². The number of carbonyl (C=O) groups is 2. The zero-order chi connectivity index (χ0) is 24.4. The molecule has 0 aliphatic carbocycles. The number of aromatic nitrogens is 2. The highest BCUT2D eigenvalue weighted by atomic mass is 16.5. The first-order valence-corrected chi connectivity index (χ1v) is 10.7. The van der Waals surface area contributed by atoms with Gasteiger partial charge in [-0.05, 0) is 17.7 Å². The molecule has 3 aromatic rings. The van der Waals surface area contributed by atoms with Crippen molar-refractivity contribution in [3.63, 3.8) is 0 Å². The molecule has 1 fully saturated rings. The Balaban J connectivity index is 1.60. The molecule has 4 rings (SSSR count). The smallest absolute Gasteiger partial charge is 0.330 e. The lowest BCUT2D eigenvalue weighted by atomic mass is 10.1. The average molecular weight is 463 g/mol. The van der Waals surface area contributed by atoms with Crippen molar-refractivity contribution in [2.24, 2.45) is 5.92 Å². The van der Waals surface area contributed by atoms with E-state index >= 15 is 0 Å². The van der Waals surface area contributed by atoms with Gasteiger partial charge in [-0.2, -0.15) is 0 Å². The van der Waals surface area contributed by atoms with Gasteiger partial charge in [0.2, 0.25) is 11.8 Å². The number of benzene rings is 2. The van der Waals surface area contributed by atoms with Crippen LogP contribution in [0.25, 0.3) is 0 Å². The van der Waals surface area contributed by atoms with Crippen LogP contribution < -0.4 is 31.5 Å². The fourth-order valence-corrected chi connectivity index (χ4v) is 4.11. The molecular weight excluding hydrogens is 438 g/mol. The van der Waals surface area contributed by atoms with Crippen LogP contribution in [0.3, 0.4) is 0 Å². The van der Waals surface area contributed by atoms with E-state index < -0.39 is 23.1 Å². The van der Waals surface area contributed by atoms with Crippen LogP contribution in [0.15, 0.2) is 64.2 Å². The molecule has 1 saturated heterocycles. The Kier molecular flexibility index (Phi) is 6.22. The summed E-state index contributed by atoms with van der Waals surface area (Å²) in [5.74, 6) is -0.867. The quantitative estimate of drug-likeness (QED) is 0.565. The number of anilines is 3. The maximum atomic E-state index is 13.3. The number of amides is 2. The van der Waals surface area contributed by atoms with Crippen LogP contribution in [0.4, 0.5) is 17.2 Å². The minimum absolute atomic E-state index is 0.0121. The van der Waals surface area contributed by atoms with Gasteiger partial charge in [-0.15, -0.1) is 0 Å². The third-order valence-electron chi connectivity index (χ3n) is 5.90. The Morgan fingerprint density at radius 3 is 2.59 bits per heavy atom. The van der Waals surface area contributed by atoms with Crippen molar-refractivity contribution in [3.8, 4) is 5.75 Å². The summed E-state index contributed by atoms with van der Waals surface area (Å²) >= 11 is 0. The first-order chi connectivity index (χ1) is 16.3. The van der Waals surface area contributed by atoms with E-state index in [1.54, 1.807) is 24.3 Å². The molecule has 1 unspecified atom stereocenters. The van der Waals surface area contributed by atoms with Crippen LogP contribution in [0, 0.1) is 5.92 Å². The van der Waals surface area contributed by atoms with E-state index in [-0.39, 0.29) is 36.9 Å². The van der Waals surface area contributed by atoms with Gasteiger partial charge in [0.05, 0.1) is 19.6 Å². The van der Waals surface area contributed by atoms with Gasteiger partial charge in [-0.25, -0.2) is 4.79 Å². The molecule has 2 aromatic carbocycles. The van der Waals surface area contributed by atoms with Crippen LogP contribution in [0.2, 0.25) is 0 Å². The van der Waals surface area contributed by atoms with Crippen molar-refractivity contribution in [2.45, 2.75) is 13.0 Å². The second-order valence-electron chi connectivity index (χ2n) is 8.07.